The second-order valence-corrected chi connectivity index (χ2v) is 7.27. The number of ether oxygens (including phenoxy) is 1. The van der Waals surface area contributed by atoms with Gasteiger partial charge in [-0.25, -0.2) is 0 Å². The van der Waals surface area contributed by atoms with Crippen molar-refractivity contribution in [2.45, 2.75) is 31.9 Å². The van der Waals surface area contributed by atoms with Crippen LogP contribution in [0.3, 0.4) is 0 Å². The molecule has 1 saturated heterocycles. The van der Waals surface area contributed by atoms with Crippen LogP contribution in [0.2, 0.25) is 0 Å². The number of carbonyl (C=O) groups excluding carboxylic acids is 1. The first-order valence-corrected chi connectivity index (χ1v) is 7.85. The first-order chi connectivity index (χ1) is 8.08. The smallest absolute Gasteiger partial charge is 0.261 e. The maximum Gasteiger partial charge on any atom is 0.261 e. The van der Waals surface area contributed by atoms with Crippen molar-refractivity contribution in [3.8, 4) is 0 Å². The maximum atomic E-state index is 12.0. The molecule has 1 amide bonds. The minimum Gasteiger partial charge on any atom is -0.376 e. The Morgan fingerprint density at radius 1 is 1.65 bits per heavy atom. The van der Waals surface area contributed by atoms with Crippen LogP contribution in [-0.4, -0.2) is 24.7 Å². The van der Waals surface area contributed by atoms with E-state index < -0.39 is 0 Å². The molecule has 0 radical (unpaired) electrons. The van der Waals surface area contributed by atoms with Gasteiger partial charge < -0.3 is 10.1 Å². The fraction of sp³-hybridized carbons (Fsp3) is 0.545. The minimum atomic E-state index is -0.0376. The lowest BCUT2D eigenvalue weighted by molar-refractivity contribution is 0.0714. The third-order valence-corrected chi connectivity index (χ3v) is 6.01. The molecule has 1 fully saturated rings. The summed E-state index contributed by atoms with van der Waals surface area (Å²) in [5.41, 5.74) is 0. The summed E-state index contributed by atoms with van der Waals surface area (Å²) in [5.74, 6) is -0.0376. The topological polar surface area (TPSA) is 38.3 Å². The van der Waals surface area contributed by atoms with Gasteiger partial charge in [-0.05, 0) is 57.7 Å². The number of halogens is 2. The number of rotatable bonds is 3. The van der Waals surface area contributed by atoms with Gasteiger partial charge in [-0.1, -0.05) is 0 Å². The van der Waals surface area contributed by atoms with Gasteiger partial charge in [0.05, 0.1) is 20.8 Å². The van der Waals surface area contributed by atoms with Gasteiger partial charge in [0, 0.05) is 11.1 Å². The molecule has 0 bridgehead atoms. The Morgan fingerprint density at radius 2 is 2.41 bits per heavy atom. The van der Waals surface area contributed by atoms with E-state index in [0.29, 0.717) is 4.88 Å². The molecule has 2 rings (SSSR count). The molecule has 0 saturated carbocycles. The molecule has 1 aliphatic heterocycles. The fourth-order valence-electron chi connectivity index (χ4n) is 1.83. The third kappa shape index (κ3) is 3.30. The van der Waals surface area contributed by atoms with Crippen LogP contribution in [0.4, 0.5) is 0 Å². The Hall–Kier alpha value is 0.0900. The summed E-state index contributed by atoms with van der Waals surface area (Å²) < 4.78 is 7.40. The summed E-state index contributed by atoms with van der Waals surface area (Å²) in [6.45, 7) is 2.80. The van der Waals surface area contributed by atoms with E-state index in [9.17, 15) is 4.79 Å². The van der Waals surface area contributed by atoms with E-state index in [2.05, 4.69) is 37.2 Å². The molecule has 1 aliphatic rings. The number of amides is 1. The second-order valence-electron chi connectivity index (χ2n) is 4.05. The summed E-state index contributed by atoms with van der Waals surface area (Å²) in [7, 11) is 0. The van der Waals surface area contributed by atoms with Crippen LogP contribution in [0.5, 0.6) is 0 Å². The van der Waals surface area contributed by atoms with Crippen LogP contribution >= 0.6 is 43.2 Å². The number of nitrogens with one attached hydrogen (secondary N) is 1. The Labute approximate surface area is 121 Å². The fourth-order valence-corrected chi connectivity index (χ4v) is 3.77. The predicted molar refractivity (Wildman–Crippen MR) is 75.6 cm³/mol. The standard InChI is InChI=1S/C11H13Br2NO2S/c1-6(8-3-2-4-16-8)14-11(15)9-5-7(12)10(13)17-9/h5-6,8H,2-4H2,1H3,(H,14,15). The van der Waals surface area contributed by atoms with Crippen molar-refractivity contribution in [3.05, 3.63) is 19.2 Å². The zero-order valence-electron chi connectivity index (χ0n) is 9.33. The van der Waals surface area contributed by atoms with E-state index in [1.54, 1.807) is 0 Å². The number of carbonyl (C=O) groups is 1. The third-order valence-electron chi connectivity index (χ3n) is 2.75. The lowest BCUT2D eigenvalue weighted by Crippen LogP contribution is -2.40. The monoisotopic (exact) mass is 381 g/mol. The lowest BCUT2D eigenvalue weighted by atomic mass is 10.1. The van der Waals surface area contributed by atoms with Crippen LogP contribution in [-0.2, 0) is 4.74 Å². The molecule has 94 valence electrons. The first-order valence-electron chi connectivity index (χ1n) is 5.45. The van der Waals surface area contributed by atoms with Crippen LogP contribution in [0.25, 0.3) is 0 Å². The molecule has 1 N–H and O–H groups in total. The van der Waals surface area contributed by atoms with Crippen molar-refractivity contribution in [1.29, 1.82) is 0 Å². The van der Waals surface area contributed by atoms with Crippen molar-refractivity contribution in [3.63, 3.8) is 0 Å². The molecule has 0 aliphatic carbocycles. The van der Waals surface area contributed by atoms with Crippen molar-refractivity contribution in [2.75, 3.05) is 6.61 Å². The highest BCUT2D eigenvalue weighted by Gasteiger charge is 2.24. The molecule has 3 nitrogen and oxygen atoms in total. The molecule has 1 aromatic heterocycles. The van der Waals surface area contributed by atoms with E-state index in [1.165, 1.54) is 11.3 Å². The van der Waals surface area contributed by atoms with E-state index >= 15 is 0 Å². The lowest BCUT2D eigenvalue weighted by Gasteiger charge is -2.19. The van der Waals surface area contributed by atoms with Gasteiger partial charge in [-0.15, -0.1) is 11.3 Å². The van der Waals surface area contributed by atoms with Crippen molar-refractivity contribution in [2.24, 2.45) is 0 Å². The van der Waals surface area contributed by atoms with Gasteiger partial charge in [0.2, 0.25) is 0 Å². The van der Waals surface area contributed by atoms with E-state index in [1.807, 2.05) is 13.0 Å². The number of thiophene rings is 1. The van der Waals surface area contributed by atoms with Crippen LogP contribution in [0, 0.1) is 0 Å². The van der Waals surface area contributed by atoms with Gasteiger partial charge >= 0.3 is 0 Å². The van der Waals surface area contributed by atoms with Crippen molar-refractivity contribution >= 4 is 49.1 Å². The normalized spacial score (nSPS) is 21.5. The Kier molecular flexibility index (Phi) is 4.63. The maximum absolute atomic E-state index is 12.0. The molecule has 2 atom stereocenters. The molecule has 0 aromatic carbocycles. The molecule has 0 spiro atoms. The molecule has 1 aromatic rings. The van der Waals surface area contributed by atoms with Crippen LogP contribution < -0.4 is 5.32 Å². The zero-order valence-corrected chi connectivity index (χ0v) is 13.3. The molecular weight excluding hydrogens is 370 g/mol. The van der Waals surface area contributed by atoms with Crippen molar-refractivity contribution in [1.82, 2.24) is 5.32 Å². The highest BCUT2D eigenvalue weighted by Crippen LogP contribution is 2.32. The minimum absolute atomic E-state index is 0.0376. The highest BCUT2D eigenvalue weighted by atomic mass is 79.9. The Balaban J connectivity index is 1.96. The van der Waals surface area contributed by atoms with Gasteiger partial charge in [0.15, 0.2) is 0 Å². The number of hydrogen-bond acceptors (Lipinski definition) is 3. The van der Waals surface area contributed by atoms with E-state index in [4.69, 9.17) is 4.74 Å². The molecule has 2 unspecified atom stereocenters. The van der Waals surface area contributed by atoms with E-state index in [0.717, 1.165) is 27.7 Å². The first kappa shape index (κ1) is 13.5. The summed E-state index contributed by atoms with van der Waals surface area (Å²) in [6, 6.07) is 1.89. The van der Waals surface area contributed by atoms with E-state index in [-0.39, 0.29) is 18.1 Å². The van der Waals surface area contributed by atoms with Gasteiger partial charge in [-0.2, -0.15) is 0 Å². The summed E-state index contributed by atoms with van der Waals surface area (Å²) >= 11 is 8.18. The predicted octanol–water partition coefficient (Wildman–Crippen LogP) is 3.57. The van der Waals surface area contributed by atoms with Crippen molar-refractivity contribution < 1.29 is 9.53 Å². The number of hydrogen-bond donors (Lipinski definition) is 1. The summed E-state index contributed by atoms with van der Waals surface area (Å²) in [5, 5.41) is 2.98. The quantitative estimate of drug-likeness (QED) is 0.867. The van der Waals surface area contributed by atoms with Crippen LogP contribution in [0.1, 0.15) is 29.4 Å². The Morgan fingerprint density at radius 3 is 2.94 bits per heavy atom. The molecule has 6 heteroatoms. The molecular formula is C11H13Br2NO2S. The average molecular weight is 383 g/mol. The average Bonchev–Trinajstić information content (AvgIpc) is 2.89. The van der Waals surface area contributed by atoms with Gasteiger partial charge in [-0.3, -0.25) is 4.79 Å². The SMILES string of the molecule is CC(NC(=O)c1cc(Br)c(Br)s1)C1CCCO1. The molecule has 17 heavy (non-hydrogen) atoms. The summed E-state index contributed by atoms with van der Waals surface area (Å²) in [4.78, 5) is 12.7. The van der Waals surface area contributed by atoms with Gasteiger partial charge in [0.25, 0.3) is 5.91 Å². The zero-order chi connectivity index (χ0) is 12.4. The highest BCUT2D eigenvalue weighted by molar-refractivity contribution is 9.13. The largest absolute Gasteiger partial charge is 0.376 e. The Bertz CT molecular complexity index is 396. The molecule has 2 heterocycles. The van der Waals surface area contributed by atoms with Crippen LogP contribution in [0.15, 0.2) is 14.3 Å². The van der Waals surface area contributed by atoms with Gasteiger partial charge in [0.1, 0.15) is 0 Å². The second kappa shape index (κ2) is 5.82. The summed E-state index contributed by atoms with van der Waals surface area (Å²) in [6.07, 6.45) is 2.27.